The van der Waals surface area contributed by atoms with Crippen molar-refractivity contribution < 1.29 is 14.3 Å². The summed E-state index contributed by atoms with van der Waals surface area (Å²) in [6.07, 6.45) is -0.215. The molecule has 0 aliphatic heterocycles. The number of rotatable bonds is 6. The molecule has 0 aliphatic carbocycles. The van der Waals surface area contributed by atoms with E-state index in [0.717, 1.165) is 5.56 Å². The molecule has 1 amide bonds. The summed E-state index contributed by atoms with van der Waals surface area (Å²) in [5.41, 5.74) is 0.726. The lowest BCUT2D eigenvalue weighted by Crippen LogP contribution is -2.44. The Morgan fingerprint density at radius 2 is 1.73 bits per heavy atom. The number of carbonyl (C=O) groups excluding carboxylic acids is 2. The SMILES string of the molecule is CC(C)C(OC(=O)NC(C)(C)C)C(=O)CCc1ccccc1. The van der Waals surface area contributed by atoms with Crippen LogP contribution in [0.4, 0.5) is 4.79 Å². The summed E-state index contributed by atoms with van der Waals surface area (Å²) in [7, 11) is 0. The summed E-state index contributed by atoms with van der Waals surface area (Å²) in [6, 6.07) is 9.83. The third kappa shape index (κ3) is 6.74. The average molecular weight is 305 g/mol. The van der Waals surface area contributed by atoms with Crippen molar-refractivity contribution in [1.82, 2.24) is 5.32 Å². The van der Waals surface area contributed by atoms with E-state index in [9.17, 15) is 9.59 Å². The number of aryl methyl sites for hydroxylation is 1. The number of hydrogen-bond acceptors (Lipinski definition) is 3. The first kappa shape index (κ1) is 18.2. The molecule has 0 bridgehead atoms. The Morgan fingerprint density at radius 1 is 1.14 bits per heavy atom. The molecule has 0 fully saturated rings. The van der Waals surface area contributed by atoms with Crippen LogP contribution in [-0.2, 0) is 16.0 Å². The Kier molecular flexibility index (Phi) is 6.60. The third-order valence-electron chi connectivity index (χ3n) is 3.14. The van der Waals surface area contributed by atoms with Crippen LogP contribution < -0.4 is 5.32 Å². The van der Waals surface area contributed by atoms with Crippen LogP contribution in [0.5, 0.6) is 0 Å². The minimum Gasteiger partial charge on any atom is -0.438 e. The van der Waals surface area contributed by atoms with Gasteiger partial charge in [0.25, 0.3) is 0 Å². The number of nitrogens with one attached hydrogen (secondary N) is 1. The van der Waals surface area contributed by atoms with Crippen molar-refractivity contribution in [3.05, 3.63) is 35.9 Å². The minimum atomic E-state index is -0.703. The fraction of sp³-hybridized carbons (Fsp3) is 0.556. The maximum atomic E-state index is 12.4. The zero-order valence-corrected chi connectivity index (χ0v) is 14.2. The maximum absolute atomic E-state index is 12.4. The molecular weight excluding hydrogens is 278 g/mol. The van der Waals surface area contributed by atoms with Crippen molar-refractivity contribution in [2.45, 2.75) is 59.1 Å². The highest BCUT2D eigenvalue weighted by Gasteiger charge is 2.27. The van der Waals surface area contributed by atoms with Gasteiger partial charge in [-0.15, -0.1) is 0 Å². The summed E-state index contributed by atoms with van der Waals surface area (Å²) in [6.45, 7) is 9.38. The van der Waals surface area contributed by atoms with Gasteiger partial charge >= 0.3 is 6.09 Å². The largest absolute Gasteiger partial charge is 0.438 e. The molecule has 4 heteroatoms. The van der Waals surface area contributed by atoms with Gasteiger partial charge in [-0.1, -0.05) is 44.2 Å². The molecule has 0 saturated carbocycles. The number of amides is 1. The molecule has 0 saturated heterocycles. The van der Waals surface area contributed by atoms with E-state index in [-0.39, 0.29) is 17.2 Å². The fourth-order valence-corrected chi connectivity index (χ4v) is 2.08. The van der Waals surface area contributed by atoms with Gasteiger partial charge in [0.05, 0.1) is 0 Å². The number of alkyl carbamates (subject to hydrolysis) is 1. The smallest absolute Gasteiger partial charge is 0.408 e. The number of ketones is 1. The van der Waals surface area contributed by atoms with Crippen LogP contribution in [0.25, 0.3) is 0 Å². The summed E-state index contributed by atoms with van der Waals surface area (Å²) in [5.74, 6) is -0.0862. The van der Waals surface area contributed by atoms with Crippen LogP contribution in [0, 0.1) is 5.92 Å². The number of benzene rings is 1. The molecule has 0 aromatic heterocycles. The molecule has 1 aromatic carbocycles. The van der Waals surface area contributed by atoms with Crippen molar-refractivity contribution >= 4 is 11.9 Å². The van der Waals surface area contributed by atoms with Gasteiger partial charge < -0.3 is 10.1 Å². The van der Waals surface area contributed by atoms with E-state index in [4.69, 9.17) is 4.74 Å². The van der Waals surface area contributed by atoms with E-state index in [1.165, 1.54) is 0 Å². The van der Waals surface area contributed by atoms with Gasteiger partial charge in [-0.05, 0) is 38.7 Å². The van der Waals surface area contributed by atoms with Crippen molar-refractivity contribution in [2.75, 3.05) is 0 Å². The first-order valence-electron chi connectivity index (χ1n) is 7.74. The van der Waals surface area contributed by atoms with Gasteiger partial charge in [0.2, 0.25) is 0 Å². The first-order chi connectivity index (χ1) is 10.2. The second kappa shape index (κ2) is 7.97. The summed E-state index contributed by atoms with van der Waals surface area (Å²) >= 11 is 0. The van der Waals surface area contributed by atoms with Crippen LogP contribution in [-0.4, -0.2) is 23.5 Å². The summed E-state index contributed by atoms with van der Waals surface area (Å²) in [4.78, 5) is 24.2. The van der Waals surface area contributed by atoms with Crippen molar-refractivity contribution in [1.29, 1.82) is 0 Å². The van der Waals surface area contributed by atoms with Crippen LogP contribution in [0.3, 0.4) is 0 Å². The molecule has 0 aliphatic rings. The van der Waals surface area contributed by atoms with Crippen molar-refractivity contribution in [2.24, 2.45) is 5.92 Å². The van der Waals surface area contributed by atoms with Crippen molar-refractivity contribution in [3.63, 3.8) is 0 Å². The van der Waals surface area contributed by atoms with Crippen LogP contribution >= 0.6 is 0 Å². The Labute approximate surface area is 133 Å². The highest BCUT2D eigenvalue weighted by molar-refractivity contribution is 5.85. The van der Waals surface area contributed by atoms with Gasteiger partial charge in [-0.3, -0.25) is 4.79 Å². The molecule has 1 N–H and O–H groups in total. The predicted octanol–water partition coefficient (Wildman–Crippen LogP) is 3.74. The fourth-order valence-electron chi connectivity index (χ4n) is 2.08. The molecule has 1 atom stereocenters. The number of Topliss-reactive ketones (excluding diaryl/α,β-unsaturated/α-hetero) is 1. The topological polar surface area (TPSA) is 55.4 Å². The summed E-state index contributed by atoms with van der Waals surface area (Å²) < 4.78 is 5.34. The van der Waals surface area contributed by atoms with E-state index in [1.54, 1.807) is 0 Å². The minimum absolute atomic E-state index is 0.0390. The Hall–Kier alpha value is -1.84. The lowest BCUT2D eigenvalue weighted by molar-refractivity contribution is -0.129. The maximum Gasteiger partial charge on any atom is 0.408 e. The van der Waals surface area contributed by atoms with Crippen LogP contribution in [0.15, 0.2) is 30.3 Å². The van der Waals surface area contributed by atoms with E-state index >= 15 is 0 Å². The molecule has 22 heavy (non-hydrogen) atoms. The summed E-state index contributed by atoms with van der Waals surface area (Å²) in [5, 5.41) is 2.72. The lowest BCUT2D eigenvalue weighted by Gasteiger charge is -2.25. The predicted molar refractivity (Wildman–Crippen MR) is 87.8 cm³/mol. The van der Waals surface area contributed by atoms with Gasteiger partial charge in [0.15, 0.2) is 11.9 Å². The van der Waals surface area contributed by atoms with Gasteiger partial charge in [-0.2, -0.15) is 0 Å². The normalized spacial score (nSPS) is 12.8. The first-order valence-corrected chi connectivity index (χ1v) is 7.74. The monoisotopic (exact) mass is 305 g/mol. The van der Waals surface area contributed by atoms with E-state index < -0.39 is 12.2 Å². The molecule has 1 unspecified atom stereocenters. The zero-order valence-electron chi connectivity index (χ0n) is 14.2. The molecule has 0 spiro atoms. The molecule has 0 radical (unpaired) electrons. The van der Waals surface area contributed by atoms with Gasteiger partial charge in [-0.25, -0.2) is 4.79 Å². The second-order valence-corrected chi connectivity index (χ2v) is 6.90. The van der Waals surface area contributed by atoms with E-state index in [2.05, 4.69) is 5.32 Å². The molecular formula is C18H27NO3. The van der Waals surface area contributed by atoms with E-state index in [0.29, 0.717) is 12.8 Å². The highest BCUT2D eigenvalue weighted by Crippen LogP contribution is 2.13. The standard InChI is InChI=1S/C18H27NO3/c1-13(2)16(22-17(21)19-18(3,4)5)15(20)12-11-14-9-7-6-8-10-14/h6-10,13,16H,11-12H2,1-5H3,(H,19,21). The molecule has 4 nitrogen and oxygen atoms in total. The Balaban J connectivity index is 2.58. The van der Waals surface area contributed by atoms with Gasteiger partial charge in [0, 0.05) is 12.0 Å². The number of carbonyl (C=O) groups is 2. The number of hydrogen-bond donors (Lipinski definition) is 1. The average Bonchev–Trinajstić information content (AvgIpc) is 2.41. The zero-order chi connectivity index (χ0) is 16.8. The quantitative estimate of drug-likeness (QED) is 0.871. The Morgan fingerprint density at radius 3 is 2.23 bits per heavy atom. The van der Waals surface area contributed by atoms with Crippen molar-refractivity contribution in [3.8, 4) is 0 Å². The van der Waals surface area contributed by atoms with Crippen LogP contribution in [0.1, 0.15) is 46.6 Å². The Bertz CT molecular complexity index is 489. The van der Waals surface area contributed by atoms with Crippen LogP contribution in [0.2, 0.25) is 0 Å². The molecule has 1 rings (SSSR count). The third-order valence-corrected chi connectivity index (χ3v) is 3.14. The number of ether oxygens (including phenoxy) is 1. The van der Waals surface area contributed by atoms with Gasteiger partial charge in [0.1, 0.15) is 0 Å². The molecule has 1 aromatic rings. The lowest BCUT2D eigenvalue weighted by atomic mass is 9.98. The molecule has 122 valence electrons. The second-order valence-electron chi connectivity index (χ2n) is 6.90. The highest BCUT2D eigenvalue weighted by atomic mass is 16.6. The molecule has 0 heterocycles. The van der Waals surface area contributed by atoms with E-state index in [1.807, 2.05) is 65.0 Å².